The number of hydrogen-bond acceptors (Lipinski definition) is 3. The van der Waals surface area contributed by atoms with E-state index in [1.165, 1.54) is 6.42 Å². The fourth-order valence-corrected chi connectivity index (χ4v) is 1.67. The molecule has 0 bridgehead atoms. The summed E-state index contributed by atoms with van der Waals surface area (Å²) in [6, 6.07) is -0.351. The summed E-state index contributed by atoms with van der Waals surface area (Å²) in [5, 5.41) is 2.25. The summed E-state index contributed by atoms with van der Waals surface area (Å²) in [6.45, 7) is 3.50. The van der Waals surface area contributed by atoms with Gasteiger partial charge in [-0.25, -0.2) is 4.99 Å². The van der Waals surface area contributed by atoms with E-state index in [1.54, 1.807) is 6.92 Å². The second kappa shape index (κ2) is 5.10. The number of isothiocyanates is 1. The summed E-state index contributed by atoms with van der Waals surface area (Å²) < 4.78 is 0. The molecule has 1 amide bonds. The van der Waals surface area contributed by atoms with Gasteiger partial charge in [0.1, 0.15) is 6.04 Å². The molecule has 1 atom stereocenters. The lowest BCUT2D eigenvalue weighted by atomic mass is 10.1. The molecule has 4 heteroatoms. The van der Waals surface area contributed by atoms with Gasteiger partial charge in [-0.2, -0.15) is 0 Å². The Labute approximate surface area is 83.8 Å². The Kier molecular flexibility index (Phi) is 4.06. The van der Waals surface area contributed by atoms with Crippen LogP contribution in [0.5, 0.6) is 0 Å². The second-order valence-electron chi connectivity index (χ2n) is 3.28. The summed E-state index contributed by atoms with van der Waals surface area (Å²) in [6.07, 6.45) is 3.45. The number of carbonyl (C=O) groups excluding carboxylic acids is 1. The van der Waals surface area contributed by atoms with Gasteiger partial charge in [-0.05, 0) is 38.4 Å². The molecule has 13 heavy (non-hydrogen) atoms. The summed E-state index contributed by atoms with van der Waals surface area (Å²) in [4.78, 5) is 17.3. The zero-order chi connectivity index (χ0) is 9.68. The predicted molar refractivity (Wildman–Crippen MR) is 54.9 cm³/mol. The normalized spacial score (nSPS) is 19.0. The third-order valence-corrected chi connectivity index (χ3v) is 2.38. The monoisotopic (exact) mass is 198 g/mol. The van der Waals surface area contributed by atoms with Gasteiger partial charge in [0.15, 0.2) is 0 Å². The van der Waals surface area contributed by atoms with E-state index < -0.39 is 0 Å². The van der Waals surface area contributed by atoms with Crippen LogP contribution in [0.1, 0.15) is 26.2 Å². The molecule has 0 N–H and O–H groups in total. The Morgan fingerprint density at radius 3 is 2.62 bits per heavy atom. The van der Waals surface area contributed by atoms with Gasteiger partial charge in [-0.15, -0.1) is 0 Å². The molecule has 0 aromatic rings. The van der Waals surface area contributed by atoms with Crippen molar-refractivity contribution in [3.05, 3.63) is 0 Å². The van der Waals surface area contributed by atoms with Gasteiger partial charge >= 0.3 is 0 Å². The van der Waals surface area contributed by atoms with Crippen LogP contribution in [-0.4, -0.2) is 35.1 Å². The standard InChI is InChI=1S/C9H14N2OS/c1-8(10-7-13)9(12)11-5-3-2-4-6-11/h8H,2-6H2,1H3. The highest BCUT2D eigenvalue weighted by Gasteiger charge is 2.20. The molecule has 0 aromatic carbocycles. The van der Waals surface area contributed by atoms with Crippen LogP contribution in [0.3, 0.4) is 0 Å². The maximum absolute atomic E-state index is 11.6. The van der Waals surface area contributed by atoms with E-state index in [4.69, 9.17) is 0 Å². The molecule has 1 rings (SSSR count). The highest BCUT2D eigenvalue weighted by molar-refractivity contribution is 7.78. The predicted octanol–water partition coefficient (Wildman–Crippen LogP) is 1.49. The number of thiocarbonyl (C=S) groups is 1. The molecule has 0 saturated carbocycles. The van der Waals surface area contributed by atoms with Crippen LogP contribution in [0.2, 0.25) is 0 Å². The van der Waals surface area contributed by atoms with Crippen LogP contribution in [0.15, 0.2) is 4.99 Å². The highest BCUT2D eigenvalue weighted by Crippen LogP contribution is 2.10. The van der Waals surface area contributed by atoms with E-state index in [0.29, 0.717) is 0 Å². The summed E-state index contributed by atoms with van der Waals surface area (Å²) in [5.74, 6) is 0.0806. The number of carbonyl (C=O) groups is 1. The first-order valence-corrected chi connectivity index (χ1v) is 5.02. The molecular weight excluding hydrogens is 184 g/mol. The van der Waals surface area contributed by atoms with E-state index in [-0.39, 0.29) is 11.9 Å². The molecule has 0 aromatic heterocycles. The van der Waals surface area contributed by atoms with Crippen LogP contribution >= 0.6 is 12.2 Å². The van der Waals surface area contributed by atoms with E-state index >= 15 is 0 Å². The first-order chi connectivity index (χ1) is 6.25. The first kappa shape index (κ1) is 10.4. The lowest BCUT2D eigenvalue weighted by Gasteiger charge is -2.27. The van der Waals surface area contributed by atoms with Gasteiger partial charge < -0.3 is 4.90 Å². The molecule has 1 saturated heterocycles. The van der Waals surface area contributed by atoms with Gasteiger partial charge in [0.05, 0.1) is 5.16 Å². The van der Waals surface area contributed by atoms with Crippen molar-refractivity contribution >= 4 is 23.3 Å². The number of rotatable bonds is 2. The minimum Gasteiger partial charge on any atom is -0.341 e. The van der Waals surface area contributed by atoms with Crippen LogP contribution in [0.25, 0.3) is 0 Å². The number of likely N-dealkylation sites (tertiary alicyclic amines) is 1. The maximum Gasteiger partial charge on any atom is 0.247 e. The number of aliphatic imine (C=N–C) groups is 1. The topological polar surface area (TPSA) is 32.7 Å². The molecule has 0 radical (unpaired) electrons. The maximum atomic E-state index is 11.6. The van der Waals surface area contributed by atoms with Gasteiger partial charge in [-0.3, -0.25) is 4.79 Å². The third-order valence-electron chi connectivity index (χ3n) is 2.27. The van der Waals surface area contributed by atoms with Crippen molar-refractivity contribution in [3.63, 3.8) is 0 Å². The van der Waals surface area contributed by atoms with Crippen molar-refractivity contribution in [2.24, 2.45) is 4.99 Å². The van der Waals surface area contributed by atoms with Gasteiger partial charge in [-0.1, -0.05) is 0 Å². The molecule has 1 unspecified atom stereocenters. The lowest BCUT2D eigenvalue weighted by Crippen LogP contribution is -2.40. The number of piperidine rings is 1. The molecule has 1 aliphatic rings. The zero-order valence-corrected chi connectivity index (χ0v) is 8.64. The molecule has 0 aliphatic carbocycles. The SMILES string of the molecule is CC(N=C=S)C(=O)N1CCCCC1. The summed E-state index contributed by atoms with van der Waals surface area (Å²) >= 11 is 4.46. The van der Waals surface area contributed by atoms with Crippen molar-refractivity contribution in [2.75, 3.05) is 13.1 Å². The quantitative estimate of drug-likeness (QED) is 0.497. The molecule has 72 valence electrons. The Bertz CT molecular complexity index is 230. The largest absolute Gasteiger partial charge is 0.341 e. The molecule has 1 fully saturated rings. The number of amides is 1. The zero-order valence-electron chi connectivity index (χ0n) is 7.82. The number of hydrogen-bond donors (Lipinski definition) is 0. The number of nitrogens with zero attached hydrogens (tertiary/aromatic N) is 2. The fourth-order valence-electron chi connectivity index (χ4n) is 1.51. The Morgan fingerprint density at radius 1 is 1.46 bits per heavy atom. The average molecular weight is 198 g/mol. The van der Waals surface area contributed by atoms with Crippen molar-refractivity contribution in [3.8, 4) is 0 Å². The Balaban J connectivity index is 2.49. The third kappa shape index (κ3) is 2.90. The average Bonchev–Trinajstić information content (AvgIpc) is 2.18. The molecule has 1 heterocycles. The van der Waals surface area contributed by atoms with Crippen LogP contribution < -0.4 is 0 Å². The van der Waals surface area contributed by atoms with Crippen molar-refractivity contribution < 1.29 is 4.79 Å². The van der Waals surface area contributed by atoms with Gasteiger partial charge in [0.25, 0.3) is 0 Å². The summed E-state index contributed by atoms with van der Waals surface area (Å²) in [5.41, 5.74) is 0. The first-order valence-electron chi connectivity index (χ1n) is 4.61. The lowest BCUT2D eigenvalue weighted by molar-refractivity contribution is -0.132. The van der Waals surface area contributed by atoms with Crippen molar-refractivity contribution in [1.82, 2.24) is 4.90 Å². The minimum absolute atomic E-state index is 0.0806. The van der Waals surface area contributed by atoms with Crippen LogP contribution in [0, 0.1) is 0 Å². The van der Waals surface area contributed by atoms with Gasteiger partial charge in [0.2, 0.25) is 5.91 Å². The van der Waals surface area contributed by atoms with Crippen molar-refractivity contribution in [1.29, 1.82) is 0 Å². The van der Waals surface area contributed by atoms with E-state index in [2.05, 4.69) is 22.4 Å². The fraction of sp³-hybridized carbons (Fsp3) is 0.778. The molecular formula is C9H14N2OS. The Hall–Kier alpha value is -0.730. The highest BCUT2D eigenvalue weighted by atomic mass is 32.1. The molecule has 3 nitrogen and oxygen atoms in total. The second-order valence-corrected chi connectivity index (χ2v) is 3.46. The minimum atomic E-state index is -0.351. The van der Waals surface area contributed by atoms with Crippen LogP contribution in [-0.2, 0) is 4.79 Å². The van der Waals surface area contributed by atoms with Crippen LogP contribution in [0.4, 0.5) is 0 Å². The molecule has 0 spiro atoms. The van der Waals surface area contributed by atoms with E-state index in [9.17, 15) is 4.79 Å². The van der Waals surface area contributed by atoms with E-state index in [0.717, 1.165) is 25.9 Å². The molecule has 1 aliphatic heterocycles. The summed E-state index contributed by atoms with van der Waals surface area (Å²) in [7, 11) is 0. The van der Waals surface area contributed by atoms with Crippen molar-refractivity contribution in [2.45, 2.75) is 32.2 Å². The Morgan fingerprint density at radius 2 is 2.08 bits per heavy atom. The smallest absolute Gasteiger partial charge is 0.247 e. The van der Waals surface area contributed by atoms with Gasteiger partial charge in [0, 0.05) is 13.1 Å². The van der Waals surface area contributed by atoms with E-state index in [1.807, 2.05) is 4.90 Å².